The first kappa shape index (κ1) is 28.6. The molecule has 0 unspecified atom stereocenters. The summed E-state index contributed by atoms with van der Waals surface area (Å²) in [6, 6.07) is 22.0. The van der Waals surface area contributed by atoms with Crippen molar-refractivity contribution < 1.29 is 9.47 Å². The Morgan fingerprint density at radius 3 is 2.48 bits per heavy atom. The molecule has 0 spiro atoms. The number of aliphatic imine (C=N–C) groups is 1. The summed E-state index contributed by atoms with van der Waals surface area (Å²) in [5.41, 5.74) is 8.89. The highest BCUT2D eigenvalue weighted by Gasteiger charge is 2.30. The van der Waals surface area contributed by atoms with Crippen LogP contribution >= 0.6 is 0 Å². The van der Waals surface area contributed by atoms with Gasteiger partial charge in [-0.05, 0) is 110 Å². The van der Waals surface area contributed by atoms with E-state index in [0.717, 1.165) is 61.9 Å². The zero-order valence-corrected chi connectivity index (χ0v) is 26.9. The van der Waals surface area contributed by atoms with Gasteiger partial charge in [-0.1, -0.05) is 52.2 Å². The van der Waals surface area contributed by atoms with Crippen molar-refractivity contribution in [1.82, 2.24) is 9.55 Å². The summed E-state index contributed by atoms with van der Waals surface area (Å²) in [6.07, 6.45) is 8.38. The number of aromatic nitrogens is 2. The first-order chi connectivity index (χ1) is 21.2. The molecule has 5 nitrogen and oxygen atoms in total. The lowest BCUT2D eigenvalue weighted by molar-refractivity contribution is 0.240. The number of nitrogens with zero attached hydrogens (tertiary/aromatic N) is 3. The van der Waals surface area contributed by atoms with Gasteiger partial charge in [0.05, 0.1) is 17.2 Å². The van der Waals surface area contributed by atoms with Crippen LogP contribution in [0.1, 0.15) is 80.7 Å². The predicted octanol–water partition coefficient (Wildman–Crippen LogP) is 9.92. The van der Waals surface area contributed by atoms with Crippen LogP contribution in [0.2, 0.25) is 0 Å². The molecule has 0 bridgehead atoms. The van der Waals surface area contributed by atoms with Crippen LogP contribution in [0.5, 0.6) is 11.5 Å². The average Bonchev–Trinajstić information content (AvgIpc) is 3.61. The number of hydrogen-bond donors (Lipinski definition) is 0. The topological polar surface area (TPSA) is 48.6 Å². The van der Waals surface area contributed by atoms with Gasteiger partial charge in [-0.15, -0.1) is 0 Å². The van der Waals surface area contributed by atoms with Crippen LogP contribution in [0, 0.1) is 26.7 Å². The fraction of sp³-hybridized carbons (Fsp3) is 0.385. The summed E-state index contributed by atoms with van der Waals surface area (Å²) in [7, 11) is 0. The standard InChI is InChI=1S/C39H43N3O2/c1-24-17-29(42-35-15-14-28(39(4,5)6)20-33(35)31-13-10-16-40-37(31)42)21-30(18-24)44-36-22-32(25(2)19-26(36)3)38-41-34(23-43-38)27-11-8-7-9-12-27/h10,13-22,27,34H,7-9,11-12,23H2,1-6H3/t34-/m0/s1. The Balaban J connectivity index is 1.26. The molecule has 226 valence electrons. The minimum Gasteiger partial charge on any atom is -0.475 e. The zero-order valence-electron chi connectivity index (χ0n) is 26.9. The molecule has 5 heteroatoms. The van der Waals surface area contributed by atoms with Crippen LogP contribution < -0.4 is 4.74 Å². The number of hydrogen-bond acceptors (Lipinski definition) is 4. The molecular formula is C39H43N3O2. The van der Waals surface area contributed by atoms with E-state index in [4.69, 9.17) is 19.5 Å². The van der Waals surface area contributed by atoms with Gasteiger partial charge in [-0.3, -0.25) is 4.57 Å². The van der Waals surface area contributed by atoms with Crippen LogP contribution in [-0.4, -0.2) is 28.1 Å². The van der Waals surface area contributed by atoms with Gasteiger partial charge in [-0.2, -0.15) is 0 Å². The van der Waals surface area contributed by atoms with E-state index in [9.17, 15) is 0 Å². The molecule has 2 aliphatic rings. The van der Waals surface area contributed by atoms with Crippen molar-refractivity contribution in [3.8, 4) is 17.2 Å². The highest BCUT2D eigenvalue weighted by Crippen LogP contribution is 2.37. The second-order valence-corrected chi connectivity index (χ2v) is 13.9. The molecule has 1 saturated carbocycles. The lowest BCUT2D eigenvalue weighted by Gasteiger charge is -2.24. The van der Waals surface area contributed by atoms with E-state index in [1.807, 2.05) is 12.3 Å². The van der Waals surface area contributed by atoms with Crippen molar-refractivity contribution in [2.75, 3.05) is 6.61 Å². The van der Waals surface area contributed by atoms with Crippen LogP contribution in [0.3, 0.4) is 0 Å². The van der Waals surface area contributed by atoms with E-state index < -0.39 is 0 Å². The summed E-state index contributed by atoms with van der Waals surface area (Å²) >= 11 is 0. The van der Waals surface area contributed by atoms with Crippen molar-refractivity contribution in [3.05, 3.63) is 94.7 Å². The van der Waals surface area contributed by atoms with E-state index in [1.165, 1.54) is 43.1 Å². The summed E-state index contributed by atoms with van der Waals surface area (Å²) in [4.78, 5) is 9.93. The summed E-state index contributed by atoms with van der Waals surface area (Å²) in [6.45, 7) is 13.8. The number of aryl methyl sites for hydroxylation is 3. The van der Waals surface area contributed by atoms with Crippen LogP contribution in [0.15, 0.2) is 71.9 Å². The molecule has 0 saturated heterocycles. The van der Waals surface area contributed by atoms with E-state index in [1.54, 1.807) is 0 Å². The maximum atomic E-state index is 6.67. The third kappa shape index (κ3) is 5.27. The first-order valence-corrected chi connectivity index (χ1v) is 16.2. The molecule has 1 fully saturated rings. The Hall–Kier alpha value is -4.12. The molecule has 0 N–H and O–H groups in total. The number of fused-ring (bicyclic) bond motifs is 3. The van der Waals surface area contributed by atoms with Crippen molar-refractivity contribution in [1.29, 1.82) is 0 Å². The Kier molecular flexibility index (Phi) is 7.23. The molecule has 0 radical (unpaired) electrons. The molecule has 1 atom stereocenters. The highest BCUT2D eigenvalue weighted by molar-refractivity contribution is 6.08. The van der Waals surface area contributed by atoms with Gasteiger partial charge in [0.25, 0.3) is 0 Å². The smallest absolute Gasteiger partial charge is 0.216 e. The predicted molar refractivity (Wildman–Crippen MR) is 181 cm³/mol. The Morgan fingerprint density at radius 2 is 1.68 bits per heavy atom. The fourth-order valence-electron chi connectivity index (χ4n) is 7.09. The van der Waals surface area contributed by atoms with Gasteiger partial charge in [0.15, 0.2) is 0 Å². The average molecular weight is 586 g/mol. The molecule has 1 aliphatic carbocycles. The van der Waals surface area contributed by atoms with Gasteiger partial charge < -0.3 is 9.47 Å². The van der Waals surface area contributed by atoms with E-state index >= 15 is 0 Å². The minimum absolute atomic E-state index is 0.0613. The Labute approximate surface area is 260 Å². The molecule has 2 aromatic heterocycles. The van der Waals surface area contributed by atoms with Gasteiger partial charge in [0.2, 0.25) is 5.90 Å². The quantitative estimate of drug-likeness (QED) is 0.206. The van der Waals surface area contributed by atoms with Gasteiger partial charge in [0, 0.05) is 28.6 Å². The summed E-state index contributed by atoms with van der Waals surface area (Å²) < 4.78 is 15.1. The molecule has 5 aromatic rings. The van der Waals surface area contributed by atoms with Crippen molar-refractivity contribution >= 4 is 27.8 Å². The third-order valence-corrected chi connectivity index (χ3v) is 9.53. The number of rotatable bonds is 5. The molecular weight excluding hydrogens is 542 g/mol. The van der Waals surface area contributed by atoms with Crippen molar-refractivity contribution in [2.45, 2.75) is 85.1 Å². The zero-order chi connectivity index (χ0) is 30.6. The summed E-state index contributed by atoms with van der Waals surface area (Å²) in [5.74, 6) is 3.02. The SMILES string of the molecule is Cc1cc(Oc2cc(C3=N[C@H](C4CCCCC4)CO3)c(C)cc2C)cc(-n2c3ccc(C(C)(C)C)cc3c3cccnc32)c1. The maximum Gasteiger partial charge on any atom is 0.216 e. The Morgan fingerprint density at radius 1 is 0.864 bits per heavy atom. The Bertz CT molecular complexity index is 1900. The van der Waals surface area contributed by atoms with Gasteiger partial charge in [0.1, 0.15) is 23.8 Å². The van der Waals surface area contributed by atoms with E-state index in [0.29, 0.717) is 12.5 Å². The number of benzene rings is 3. The largest absolute Gasteiger partial charge is 0.475 e. The summed E-state index contributed by atoms with van der Waals surface area (Å²) in [5, 5.41) is 2.37. The molecule has 0 amide bonds. The lowest BCUT2D eigenvalue weighted by atomic mass is 9.84. The van der Waals surface area contributed by atoms with Gasteiger partial charge in [-0.25, -0.2) is 9.98 Å². The highest BCUT2D eigenvalue weighted by atomic mass is 16.5. The fourth-order valence-corrected chi connectivity index (χ4v) is 7.09. The minimum atomic E-state index is 0.0613. The van der Waals surface area contributed by atoms with Crippen LogP contribution in [0.25, 0.3) is 27.6 Å². The second kappa shape index (κ2) is 11.1. The lowest BCUT2D eigenvalue weighted by Crippen LogP contribution is -2.22. The number of pyridine rings is 1. The molecule has 3 aromatic carbocycles. The van der Waals surface area contributed by atoms with E-state index in [2.05, 4.69) is 101 Å². The van der Waals surface area contributed by atoms with Crippen LogP contribution in [-0.2, 0) is 10.2 Å². The van der Waals surface area contributed by atoms with Gasteiger partial charge >= 0.3 is 0 Å². The third-order valence-electron chi connectivity index (χ3n) is 9.53. The monoisotopic (exact) mass is 585 g/mol. The van der Waals surface area contributed by atoms with Crippen LogP contribution in [0.4, 0.5) is 0 Å². The van der Waals surface area contributed by atoms with E-state index in [-0.39, 0.29) is 11.5 Å². The maximum absolute atomic E-state index is 6.67. The molecule has 7 rings (SSSR count). The van der Waals surface area contributed by atoms with Crippen molar-refractivity contribution in [3.63, 3.8) is 0 Å². The normalized spacial score (nSPS) is 17.7. The first-order valence-electron chi connectivity index (χ1n) is 16.2. The molecule has 1 aliphatic heterocycles. The molecule has 3 heterocycles. The molecule has 44 heavy (non-hydrogen) atoms. The second-order valence-electron chi connectivity index (χ2n) is 13.9. The van der Waals surface area contributed by atoms with Crippen molar-refractivity contribution in [2.24, 2.45) is 10.9 Å². The number of ether oxygens (including phenoxy) is 2.